The van der Waals surface area contributed by atoms with Gasteiger partial charge in [-0.15, -0.1) is 0 Å². The largest absolute Gasteiger partial charge is 0.469 e. The number of benzene rings is 1. The summed E-state index contributed by atoms with van der Waals surface area (Å²) in [6.45, 7) is 0.314. The molecule has 2 N–H and O–H groups in total. The van der Waals surface area contributed by atoms with Crippen LogP contribution in [-0.2, 0) is 9.53 Å². The summed E-state index contributed by atoms with van der Waals surface area (Å²) >= 11 is 0. The Labute approximate surface area is 122 Å². The Morgan fingerprint density at radius 1 is 1.43 bits per heavy atom. The van der Waals surface area contributed by atoms with Gasteiger partial charge in [-0.25, -0.2) is 4.39 Å². The number of esters is 1. The van der Waals surface area contributed by atoms with Crippen molar-refractivity contribution in [3.8, 4) is 11.8 Å². The molecule has 0 aromatic heterocycles. The highest BCUT2D eigenvalue weighted by Gasteiger charge is 2.17. The predicted octanol–water partition coefficient (Wildman–Crippen LogP) is 0.771. The lowest BCUT2D eigenvalue weighted by Gasteiger charge is -2.17. The van der Waals surface area contributed by atoms with E-state index in [1.54, 1.807) is 0 Å². The number of carbonyl (C=O) groups excluding carboxylic acids is 2. The van der Waals surface area contributed by atoms with Crippen LogP contribution in [0.2, 0.25) is 0 Å². The average molecular weight is 292 g/mol. The van der Waals surface area contributed by atoms with Crippen molar-refractivity contribution in [2.24, 2.45) is 5.73 Å². The third kappa shape index (κ3) is 4.89. The Morgan fingerprint density at radius 2 is 2.14 bits per heavy atom. The fourth-order valence-corrected chi connectivity index (χ4v) is 1.62. The van der Waals surface area contributed by atoms with Gasteiger partial charge in [0, 0.05) is 19.2 Å². The van der Waals surface area contributed by atoms with E-state index >= 15 is 0 Å². The number of hydrogen-bond acceptors (Lipinski definition) is 4. The number of ether oxygens (including phenoxy) is 1. The number of amides is 1. The summed E-state index contributed by atoms with van der Waals surface area (Å²) < 4.78 is 17.9. The molecule has 0 atom stereocenters. The Balaban J connectivity index is 2.94. The predicted molar refractivity (Wildman–Crippen MR) is 75.9 cm³/mol. The monoisotopic (exact) mass is 292 g/mol. The Morgan fingerprint density at radius 3 is 2.76 bits per heavy atom. The Hall–Kier alpha value is -2.39. The standard InChI is InChI=1S/C15H17FN2O3/c1-18(9-7-14(19)21-2)15(20)13-10-12(16)6-5-11(13)4-3-8-17/h5-6,10H,7-9,17H2,1-2H3. The summed E-state index contributed by atoms with van der Waals surface area (Å²) in [5.74, 6) is 3.99. The van der Waals surface area contributed by atoms with Gasteiger partial charge < -0.3 is 15.4 Å². The van der Waals surface area contributed by atoms with Crippen LogP contribution in [0.3, 0.4) is 0 Å². The molecule has 21 heavy (non-hydrogen) atoms. The molecule has 1 amide bonds. The zero-order valence-electron chi connectivity index (χ0n) is 12.0. The van der Waals surface area contributed by atoms with Gasteiger partial charge in [0.05, 0.1) is 25.6 Å². The van der Waals surface area contributed by atoms with Gasteiger partial charge in [0.15, 0.2) is 0 Å². The van der Waals surface area contributed by atoms with Crippen molar-refractivity contribution in [1.29, 1.82) is 0 Å². The molecule has 0 aliphatic heterocycles. The molecule has 0 spiro atoms. The number of methoxy groups -OCH3 is 1. The van der Waals surface area contributed by atoms with Crippen LogP contribution in [-0.4, -0.2) is 44.0 Å². The van der Waals surface area contributed by atoms with E-state index in [0.29, 0.717) is 5.56 Å². The molecule has 1 aromatic rings. The summed E-state index contributed by atoms with van der Waals surface area (Å²) in [5, 5.41) is 0. The molecule has 112 valence electrons. The number of nitrogens with zero attached hydrogens (tertiary/aromatic N) is 1. The van der Waals surface area contributed by atoms with E-state index in [4.69, 9.17) is 5.73 Å². The van der Waals surface area contributed by atoms with E-state index in [0.717, 1.165) is 6.07 Å². The fraction of sp³-hybridized carbons (Fsp3) is 0.333. The van der Waals surface area contributed by atoms with Crippen molar-refractivity contribution in [1.82, 2.24) is 4.90 Å². The second-order valence-corrected chi connectivity index (χ2v) is 4.25. The van der Waals surface area contributed by atoms with Crippen LogP contribution < -0.4 is 5.73 Å². The van der Waals surface area contributed by atoms with E-state index in [2.05, 4.69) is 16.6 Å². The minimum Gasteiger partial charge on any atom is -0.469 e. The van der Waals surface area contributed by atoms with Gasteiger partial charge in [0.1, 0.15) is 5.82 Å². The van der Waals surface area contributed by atoms with Gasteiger partial charge in [-0.3, -0.25) is 9.59 Å². The van der Waals surface area contributed by atoms with Gasteiger partial charge in [-0.05, 0) is 18.2 Å². The second kappa shape index (κ2) is 8.02. The molecular weight excluding hydrogens is 275 g/mol. The maximum absolute atomic E-state index is 13.3. The SMILES string of the molecule is COC(=O)CCN(C)C(=O)c1cc(F)ccc1C#CCN. The van der Waals surface area contributed by atoms with Gasteiger partial charge >= 0.3 is 5.97 Å². The van der Waals surface area contributed by atoms with Crippen LogP contribution in [0.4, 0.5) is 4.39 Å². The molecule has 0 bridgehead atoms. The maximum atomic E-state index is 13.3. The van der Waals surface area contributed by atoms with Crippen molar-refractivity contribution in [3.63, 3.8) is 0 Å². The van der Waals surface area contributed by atoms with Crippen LogP contribution in [0.1, 0.15) is 22.3 Å². The zero-order valence-corrected chi connectivity index (χ0v) is 12.0. The lowest BCUT2D eigenvalue weighted by atomic mass is 10.1. The highest BCUT2D eigenvalue weighted by atomic mass is 19.1. The number of carbonyl (C=O) groups is 2. The molecule has 0 radical (unpaired) electrons. The van der Waals surface area contributed by atoms with Crippen LogP contribution in [0.25, 0.3) is 0 Å². The van der Waals surface area contributed by atoms with Crippen molar-refractivity contribution < 1.29 is 18.7 Å². The molecule has 0 fully saturated rings. The minimum atomic E-state index is -0.530. The molecule has 0 saturated carbocycles. The first kappa shape index (κ1) is 16.7. The summed E-state index contributed by atoms with van der Waals surface area (Å²) in [6, 6.07) is 3.78. The molecule has 1 aromatic carbocycles. The topological polar surface area (TPSA) is 72.6 Å². The molecule has 0 aliphatic rings. The average Bonchev–Trinajstić information content (AvgIpc) is 2.50. The molecule has 0 saturated heterocycles. The molecule has 1 rings (SSSR count). The van der Waals surface area contributed by atoms with Gasteiger partial charge in [-0.1, -0.05) is 11.8 Å². The lowest BCUT2D eigenvalue weighted by molar-refractivity contribution is -0.140. The van der Waals surface area contributed by atoms with E-state index < -0.39 is 17.7 Å². The first-order valence-electron chi connectivity index (χ1n) is 6.30. The molecule has 5 nitrogen and oxygen atoms in total. The highest BCUT2D eigenvalue weighted by molar-refractivity contribution is 5.96. The van der Waals surface area contributed by atoms with Crippen molar-refractivity contribution in [2.75, 3.05) is 27.2 Å². The molecular formula is C15H17FN2O3. The molecule has 6 heteroatoms. The highest BCUT2D eigenvalue weighted by Crippen LogP contribution is 2.13. The summed E-state index contributed by atoms with van der Waals surface area (Å²) in [4.78, 5) is 24.7. The second-order valence-electron chi connectivity index (χ2n) is 4.25. The molecule has 0 heterocycles. The van der Waals surface area contributed by atoms with E-state index in [1.165, 1.54) is 31.2 Å². The first-order chi connectivity index (χ1) is 9.99. The van der Waals surface area contributed by atoms with Crippen LogP contribution >= 0.6 is 0 Å². The first-order valence-corrected chi connectivity index (χ1v) is 6.30. The lowest BCUT2D eigenvalue weighted by Crippen LogP contribution is -2.30. The zero-order chi connectivity index (χ0) is 15.8. The number of hydrogen-bond donors (Lipinski definition) is 1. The number of nitrogens with two attached hydrogens (primary N) is 1. The van der Waals surface area contributed by atoms with E-state index in [-0.39, 0.29) is 25.1 Å². The number of halogens is 1. The number of rotatable bonds is 4. The van der Waals surface area contributed by atoms with E-state index in [9.17, 15) is 14.0 Å². The maximum Gasteiger partial charge on any atom is 0.307 e. The molecule has 0 unspecified atom stereocenters. The van der Waals surface area contributed by atoms with Crippen molar-refractivity contribution in [2.45, 2.75) is 6.42 Å². The van der Waals surface area contributed by atoms with Gasteiger partial charge in [0.25, 0.3) is 5.91 Å². The smallest absolute Gasteiger partial charge is 0.307 e. The van der Waals surface area contributed by atoms with Crippen molar-refractivity contribution in [3.05, 3.63) is 35.1 Å². The van der Waals surface area contributed by atoms with Crippen molar-refractivity contribution >= 4 is 11.9 Å². The summed E-state index contributed by atoms with van der Waals surface area (Å²) in [5.41, 5.74) is 5.84. The van der Waals surface area contributed by atoms with Gasteiger partial charge in [-0.2, -0.15) is 0 Å². The van der Waals surface area contributed by atoms with Crippen LogP contribution in [0.15, 0.2) is 18.2 Å². The van der Waals surface area contributed by atoms with Gasteiger partial charge in [0.2, 0.25) is 0 Å². The van der Waals surface area contributed by atoms with E-state index in [1.807, 2.05) is 0 Å². The third-order valence-electron chi connectivity index (χ3n) is 2.76. The third-order valence-corrected chi connectivity index (χ3v) is 2.76. The van der Waals surface area contributed by atoms with Crippen LogP contribution in [0, 0.1) is 17.7 Å². The minimum absolute atomic E-state index is 0.0673. The quantitative estimate of drug-likeness (QED) is 0.657. The Kier molecular flexibility index (Phi) is 6.37. The Bertz CT molecular complexity index is 590. The summed E-state index contributed by atoms with van der Waals surface area (Å²) in [7, 11) is 2.80. The summed E-state index contributed by atoms with van der Waals surface area (Å²) in [6.07, 6.45) is 0.0673. The fourth-order valence-electron chi connectivity index (χ4n) is 1.62. The van der Waals surface area contributed by atoms with Crippen LogP contribution in [0.5, 0.6) is 0 Å². The molecule has 0 aliphatic carbocycles. The normalized spacial score (nSPS) is 9.52.